The Morgan fingerprint density at radius 1 is 1.00 bits per heavy atom. The van der Waals surface area contributed by atoms with Gasteiger partial charge in [-0.05, 0) is 36.8 Å². The maximum Gasteiger partial charge on any atom is 0.180 e. The van der Waals surface area contributed by atoms with Gasteiger partial charge in [-0.25, -0.2) is 0 Å². The zero-order valence-corrected chi connectivity index (χ0v) is 13.6. The van der Waals surface area contributed by atoms with Gasteiger partial charge in [0.15, 0.2) is 9.79 Å². The van der Waals surface area contributed by atoms with Gasteiger partial charge in [-0.15, -0.1) is 0 Å². The molecule has 0 saturated heterocycles. The van der Waals surface area contributed by atoms with Gasteiger partial charge in [0, 0.05) is 6.92 Å². The fourth-order valence-electron chi connectivity index (χ4n) is 2.42. The van der Waals surface area contributed by atoms with Gasteiger partial charge in [0.2, 0.25) is 0 Å². The third kappa shape index (κ3) is 2.55. The van der Waals surface area contributed by atoms with Crippen molar-refractivity contribution in [1.29, 1.82) is 0 Å². The van der Waals surface area contributed by atoms with Crippen molar-refractivity contribution >= 4 is 22.7 Å². The van der Waals surface area contributed by atoms with E-state index >= 15 is 0 Å². The van der Waals surface area contributed by atoms with Crippen LogP contribution >= 0.6 is 11.8 Å². The monoisotopic (exact) mass is 299 g/mol. The van der Waals surface area contributed by atoms with Crippen LogP contribution in [0.3, 0.4) is 0 Å². The number of hydrogen-bond donors (Lipinski definition) is 0. The zero-order valence-electron chi connectivity index (χ0n) is 11.9. The van der Waals surface area contributed by atoms with E-state index in [0.717, 1.165) is 0 Å². The van der Waals surface area contributed by atoms with E-state index in [1.807, 2.05) is 11.8 Å². The first-order chi connectivity index (χ1) is 9.81. The van der Waals surface area contributed by atoms with Crippen LogP contribution in [0.1, 0.15) is 26.7 Å². The number of unbranched alkanes of at least 4 members (excludes halogenated alkanes) is 1. The summed E-state index contributed by atoms with van der Waals surface area (Å²) in [4.78, 5) is 7.31. The van der Waals surface area contributed by atoms with Gasteiger partial charge in [0.05, 0.1) is 20.7 Å². The highest BCUT2D eigenvalue weighted by Crippen LogP contribution is 2.47. The molecular formula is C18H19S2+. The first-order valence-corrected chi connectivity index (χ1v) is 9.12. The lowest BCUT2D eigenvalue weighted by molar-refractivity contribution is 0.954. The topological polar surface area (TPSA) is 0 Å². The number of allylic oxidation sites excluding steroid dienone is 2. The van der Waals surface area contributed by atoms with Crippen LogP contribution in [-0.2, 0) is 10.9 Å². The fraction of sp³-hybridized carbons (Fsp3) is 0.222. The van der Waals surface area contributed by atoms with Crippen LogP contribution in [0.2, 0.25) is 0 Å². The molecule has 20 heavy (non-hydrogen) atoms. The Bertz CT molecular complexity index is 598. The van der Waals surface area contributed by atoms with Crippen LogP contribution in [0.4, 0.5) is 0 Å². The van der Waals surface area contributed by atoms with Crippen LogP contribution in [-0.4, -0.2) is 0 Å². The molecule has 0 unspecified atom stereocenters. The highest BCUT2D eigenvalue weighted by Gasteiger charge is 2.37. The summed E-state index contributed by atoms with van der Waals surface area (Å²) in [5, 5.41) is 0. The van der Waals surface area contributed by atoms with Crippen LogP contribution in [0.15, 0.2) is 79.1 Å². The summed E-state index contributed by atoms with van der Waals surface area (Å²) in [5.74, 6) is 0. The molecule has 1 heterocycles. The minimum atomic E-state index is 0.0995. The van der Waals surface area contributed by atoms with Gasteiger partial charge in [-0.1, -0.05) is 49.4 Å². The molecule has 0 amide bonds. The lowest BCUT2D eigenvalue weighted by atomic mass is 10.3. The largest absolute Gasteiger partial charge is 0.180 e. The van der Waals surface area contributed by atoms with E-state index < -0.39 is 0 Å². The molecule has 0 bridgehead atoms. The second-order valence-electron chi connectivity index (χ2n) is 4.91. The Kier molecular flexibility index (Phi) is 4.23. The summed E-state index contributed by atoms with van der Waals surface area (Å²) in [5.41, 5.74) is 0. The number of rotatable bonds is 3. The molecule has 2 heteroatoms. The van der Waals surface area contributed by atoms with Gasteiger partial charge in [-0.3, -0.25) is 0 Å². The first kappa shape index (κ1) is 13.8. The van der Waals surface area contributed by atoms with Crippen LogP contribution < -0.4 is 0 Å². The number of hydrogen-bond acceptors (Lipinski definition) is 1. The Labute approximate surface area is 128 Å². The second kappa shape index (κ2) is 6.11. The number of benzene rings is 2. The summed E-state index contributed by atoms with van der Waals surface area (Å²) in [6, 6.07) is 17.7. The van der Waals surface area contributed by atoms with Crippen molar-refractivity contribution < 1.29 is 0 Å². The van der Waals surface area contributed by atoms with Crippen molar-refractivity contribution in [2.45, 2.75) is 46.3 Å². The lowest BCUT2D eigenvalue weighted by Gasteiger charge is -2.19. The second-order valence-corrected chi connectivity index (χ2v) is 8.12. The molecular weight excluding hydrogens is 280 g/mol. The van der Waals surface area contributed by atoms with Crippen molar-refractivity contribution in [3.05, 3.63) is 59.5 Å². The normalized spacial score (nSPS) is 14.8. The highest BCUT2D eigenvalue weighted by atomic mass is 32.2. The summed E-state index contributed by atoms with van der Waals surface area (Å²) in [6.07, 6.45) is 4.81. The van der Waals surface area contributed by atoms with E-state index in [-0.39, 0.29) is 10.9 Å². The quantitative estimate of drug-likeness (QED) is 0.637. The van der Waals surface area contributed by atoms with E-state index in [1.165, 1.54) is 37.3 Å². The Morgan fingerprint density at radius 3 is 2.10 bits per heavy atom. The highest BCUT2D eigenvalue weighted by molar-refractivity contribution is 8.05. The molecule has 0 spiro atoms. The van der Waals surface area contributed by atoms with Crippen molar-refractivity contribution in [2.24, 2.45) is 0 Å². The minimum Gasteiger partial charge on any atom is -0.0795 e. The molecule has 0 radical (unpaired) electrons. The summed E-state index contributed by atoms with van der Waals surface area (Å²) in [6.45, 7) is 4.54. The maximum atomic E-state index is 2.42. The van der Waals surface area contributed by atoms with Crippen molar-refractivity contribution in [3.63, 3.8) is 0 Å². The van der Waals surface area contributed by atoms with E-state index in [2.05, 4.69) is 68.5 Å². The average molecular weight is 299 g/mol. The van der Waals surface area contributed by atoms with Gasteiger partial charge >= 0.3 is 0 Å². The molecule has 2 aromatic carbocycles. The molecule has 1 aliphatic heterocycles. The molecule has 0 fully saturated rings. The van der Waals surface area contributed by atoms with Gasteiger partial charge in [-0.2, -0.15) is 0 Å². The van der Waals surface area contributed by atoms with Crippen LogP contribution in [0.5, 0.6) is 0 Å². The molecule has 1 aliphatic rings. The van der Waals surface area contributed by atoms with Gasteiger partial charge < -0.3 is 0 Å². The molecule has 0 N–H and O–H groups in total. The van der Waals surface area contributed by atoms with Crippen molar-refractivity contribution in [2.75, 3.05) is 0 Å². The SMILES string of the molecule is CCC/C=C(\C)[S+]1c2ccccc2Sc2ccccc21. The third-order valence-electron chi connectivity index (χ3n) is 3.40. The number of fused-ring (bicyclic) bond motifs is 2. The fourth-order valence-corrected chi connectivity index (χ4v) is 6.22. The van der Waals surface area contributed by atoms with Crippen molar-refractivity contribution in [1.82, 2.24) is 0 Å². The molecule has 0 aliphatic carbocycles. The summed E-state index contributed by atoms with van der Waals surface area (Å²) in [7, 11) is 0.0995. The Balaban J connectivity index is 2.12. The predicted molar refractivity (Wildman–Crippen MR) is 89.6 cm³/mol. The van der Waals surface area contributed by atoms with E-state index in [0.29, 0.717) is 0 Å². The molecule has 2 aromatic rings. The molecule has 3 rings (SSSR count). The van der Waals surface area contributed by atoms with Gasteiger partial charge in [0.1, 0.15) is 4.91 Å². The standard InChI is InChI=1S/C18H19S2/c1-3-4-9-14(2)20-17-12-7-5-10-15(17)19-16-11-6-8-13-18(16)20/h5-13H,3-4H2,1-2H3/q+1/b14-9+. The smallest absolute Gasteiger partial charge is 0.0795 e. The maximum absolute atomic E-state index is 2.42. The first-order valence-electron chi connectivity index (χ1n) is 7.08. The minimum absolute atomic E-state index is 0.0995. The van der Waals surface area contributed by atoms with Crippen LogP contribution in [0, 0.1) is 0 Å². The van der Waals surface area contributed by atoms with E-state index in [9.17, 15) is 0 Å². The molecule has 0 saturated carbocycles. The molecule has 0 nitrogen and oxygen atoms in total. The third-order valence-corrected chi connectivity index (χ3v) is 7.21. The molecule has 0 atom stereocenters. The summed E-state index contributed by atoms with van der Waals surface area (Å²) < 4.78 is 0. The van der Waals surface area contributed by atoms with Gasteiger partial charge in [0.25, 0.3) is 0 Å². The predicted octanol–water partition coefficient (Wildman–Crippen LogP) is 5.89. The lowest BCUT2D eigenvalue weighted by Crippen LogP contribution is -2.11. The summed E-state index contributed by atoms with van der Waals surface area (Å²) >= 11 is 1.91. The molecule has 0 aromatic heterocycles. The Morgan fingerprint density at radius 2 is 1.55 bits per heavy atom. The van der Waals surface area contributed by atoms with Crippen LogP contribution in [0.25, 0.3) is 0 Å². The molecule has 102 valence electrons. The van der Waals surface area contributed by atoms with E-state index in [4.69, 9.17) is 0 Å². The van der Waals surface area contributed by atoms with Crippen molar-refractivity contribution in [3.8, 4) is 0 Å². The Hall–Kier alpha value is -1.12. The zero-order chi connectivity index (χ0) is 13.9. The average Bonchev–Trinajstić information content (AvgIpc) is 2.50. The van der Waals surface area contributed by atoms with E-state index in [1.54, 1.807) is 0 Å².